The van der Waals surface area contributed by atoms with Crippen LogP contribution in [0.5, 0.6) is 0 Å². The van der Waals surface area contributed by atoms with Gasteiger partial charge in [-0.25, -0.2) is 9.97 Å². The molecule has 0 spiro atoms. The van der Waals surface area contributed by atoms with E-state index in [1.165, 1.54) is 6.20 Å². The summed E-state index contributed by atoms with van der Waals surface area (Å²) in [5.41, 5.74) is 18.5. The number of hydrogen-bond donors (Lipinski definition) is 2. The Morgan fingerprint density at radius 2 is 1.82 bits per heavy atom. The molecule has 0 bridgehead atoms. The number of piperidine rings is 1. The molecule has 3 aromatic rings. The SMILES string of the molecule is Cc1cccc(C)c1-c1cc(Cc2nc(N3CCC[C@H](N)C3)ncc2C(N)=O)cc(C(=O)N2CCOCC2)c1. The number of hydrogen-bond acceptors (Lipinski definition) is 7. The first kappa shape index (κ1) is 26.8. The summed E-state index contributed by atoms with van der Waals surface area (Å²) in [5, 5.41) is 0. The van der Waals surface area contributed by atoms with Gasteiger partial charge in [-0.15, -0.1) is 0 Å². The fourth-order valence-electron chi connectivity index (χ4n) is 5.57. The molecule has 4 N–H and O–H groups in total. The number of ether oxygens (including phenoxy) is 1. The minimum Gasteiger partial charge on any atom is -0.378 e. The summed E-state index contributed by atoms with van der Waals surface area (Å²) < 4.78 is 5.45. The first-order valence-electron chi connectivity index (χ1n) is 13.5. The third-order valence-electron chi connectivity index (χ3n) is 7.54. The lowest BCUT2D eigenvalue weighted by Crippen LogP contribution is -2.43. The van der Waals surface area contributed by atoms with Crippen molar-refractivity contribution < 1.29 is 14.3 Å². The van der Waals surface area contributed by atoms with Crippen LogP contribution in [-0.4, -0.2) is 72.1 Å². The first-order chi connectivity index (χ1) is 18.8. The van der Waals surface area contributed by atoms with Gasteiger partial charge in [0.25, 0.3) is 11.8 Å². The minimum atomic E-state index is -0.581. The van der Waals surface area contributed by atoms with Crippen LogP contribution in [0.15, 0.2) is 42.6 Å². The fraction of sp³-hybridized carbons (Fsp3) is 0.400. The molecule has 0 aliphatic carbocycles. The molecule has 5 rings (SSSR count). The van der Waals surface area contributed by atoms with E-state index in [0.29, 0.717) is 56.5 Å². The third-order valence-corrected chi connectivity index (χ3v) is 7.54. The van der Waals surface area contributed by atoms with E-state index < -0.39 is 5.91 Å². The van der Waals surface area contributed by atoms with E-state index in [1.807, 2.05) is 23.1 Å². The first-order valence-corrected chi connectivity index (χ1v) is 13.5. The lowest BCUT2D eigenvalue weighted by Gasteiger charge is -2.31. The van der Waals surface area contributed by atoms with Crippen LogP contribution in [0.4, 0.5) is 5.95 Å². The predicted molar refractivity (Wildman–Crippen MR) is 151 cm³/mol. The van der Waals surface area contributed by atoms with Gasteiger partial charge < -0.3 is 26.0 Å². The van der Waals surface area contributed by atoms with Crippen LogP contribution >= 0.6 is 0 Å². The average Bonchev–Trinajstić information content (AvgIpc) is 2.93. The van der Waals surface area contributed by atoms with E-state index >= 15 is 0 Å². The van der Waals surface area contributed by atoms with E-state index in [9.17, 15) is 9.59 Å². The summed E-state index contributed by atoms with van der Waals surface area (Å²) in [7, 11) is 0. The number of aryl methyl sites for hydroxylation is 2. The normalized spacial score (nSPS) is 17.8. The van der Waals surface area contributed by atoms with Crippen molar-refractivity contribution in [3.8, 4) is 11.1 Å². The molecule has 1 aromatic heterocycles. The third kappa shape index (κ3) is 5.94. The van der Waals surface area contributed by atoms with Crippen LogP contribution in [0.25, 0.3) is 11.1 Å². The highest BCUT2D eigenvalue weighted by Gasteiger charge is 2.23. The van der Waals surface area contributed by atoms with Gasteiger partial charge >= 0.3 is 0 Å². The fourth-order valence-corrected chi connectivity index (χ4v) is 5.57. The molecule has 2 aromatic carbocycles. The number of morpholine rings is 1. The van der Waals surface area contributed by atoms with Gasteiger partial charge in [0.1, 0.15) is 0 Å². The molecule has 2 aliphatic rings. The summed E-state index contributed by atoms with van der Waals surface area (Å²) in [6.07, 6.45) is 3.77. The number of carbonyl (C=O) groups is 2. The molecule has 204 valence electrons. The maximum absolute atomic E-state index is 13.6. The van der Waals surface area contributed by atoms with E-state index in [-0.39, 0.29) is 17.5 Å². The molecule has 9 heteroatoms. The highest BCUT2D eigenvalue weighted by Crippen LogP contribution is 2.30. The van der Waals surface area contributed by atoms with Gasteiger partial charge in [0.05, 0.1) is 24.5 Å². The number of primary amides is 1. The summed E-state index contributed by atoms with van der Waals surface area (Å²) >= 11 is 0. The van der Waals surface area contributed by atoms with E-state index in [1.54, 1.807) is 0 Å². The average molecular weight is 529 g/mol. The Morgan fingerprint density at radius 1 is 1.08 bits per heavy atom. The maximum Gasteiger partial charge on any atom is 0.254 e. The van der Waals surface area contributed by atoms with Crippen LogP contribution in [-0.2, 0) is 11.2 Å². The number of nitrogens with two attached hydrogens (primary N) is 2. The molecular weight excluding hydrogens is 492 g/mol. The van der Waals surface area contributed by atoms with Gasteiger partial charge in [-0.05, 0) is 66.6 Å². The maximum atomic E-state index is 13.6. The van der Waals surface area contributed by atoms with Crippen LogP contribution in [0.1, 0.15) is 55.9 Å². The van der Waals surface area contributed by atoms with Crippen molar-refractivity contribution in [1.29, 1.82) is 0 Å². The van der Waals surface area contributed by atoms with E-state index in [0.717, 1.165) is 47.2 Å². The van der Waals surface area contributed by atoms with Crippen molar-refractivity contribution in [3.63, 3.8) is 0 Å². The van der Waals surface area contributed by atoms with Crippen molar-refractivity contribution in [3.05, 3.63) is 76.1 Å². The highest BCUT2D eigenvalue weighted by atomic mass is 16.5. The van der Waals surface area contributed by atoms with Gasteiger partial charge in [0.15, 0.2) is 0 Å². The monoisotopic (exact) mass is 528 g/mol. The number of benzene rings is 2. The Kier molecular flexibility index (Phi) is 7.90. The van der Waals surface area contributed by atoms with Crippen molar-refractivity contribution in [2.45, 2.75) is 39.2 Å². The van der Waals surface area contributed by atoms with Crippen molar-refractivity contribution in [2.75, 3.05) is 44.3 Å². The number of amides is 2. The standard InChI is InChI=1S/C30H36N6O3/c1-19-5-3-6-20(2)27(19)22-13-21(14-23(16-22)29(38)35-9-11-39-12-10-35)15-26-25(28(32)37)17-33-30(34-26)36-8-4-7-24(31)18-36/h3,5-6,13-14,16-17,24H,4,7-12,15,18,31H2,1-2H3,(H2,32,37)/t24-/m0/s1. The van der Waals surface area contributed by atoms with Crippen LogP contribution < -0.4 is 16.4 Å². The zero-order valence-corrected chi connectivity index (χ0v) is 22.7. The van der Waals surface area contributed by atoms with E-state index in [4.69, 9.17) is 21.2 Å². The zero-order valence-electron chi connectivity index (χ0n) is 22.7. The zero-order chi connectivity index (χ0) is 27.5. The lowest BCUT2D eigenvalue weighted by atomic mass is 9.91. The minimum absolute atomic E-state index is 0.0338. The summed E-state index contributed by atoms with van der Waals surface area (Å²) in [4.78, 5) is 39.0. The quantitative estimate of drug-likeness (QED) is 0.504. The second-order valence-corrected chi connectivity index (χ2v) is 10.5. The Balaban J connectivity index is 1.57. The summed E-state index contributed by atoms with van der Waals surface area (Å²) in [6, 6.07) is 12.2. The Hall–Kier alpha value is -3.82. The topological polar surface area (TPSA) is 128 Å². The number of aromatic nitrogens is 2. The molecule has 0 unspecified atom stereocenters. The van der Waals surface area contributed by atoms with Crippen LogP contribution in [0.3, 0.4) is 0 Å². The van der Waals surface area contributed by atoms with Gasteiger partial charge in [-0.3, -0.25) is 9.59 Å². The van der Waals surface area contributed by atoms with Gasteiger partial charge in [0.2, 0.25) is 5.95 Å². The number of anilines is 1. The Bertz CT molecular complexity index is 1360. The van der Waals surface area contributed by atoms with Crippen molar-refractivity contribution in [2.24, 2.45) is 11.5 Å². The molecule has 3 heterocycles. The second-order valence-electron chi connectivity index (χ2n) is 10.5. The van der Waals surface area contributed by atoms with Crippen LogP contribution in [0, 0.1) is 13.8 Å². The highest BCUT2D eigenvalue weighted by molar-refractivity contribution is 5.96. The number of nitrogens with zero attached hydrogens (tertiary/aromatic N) is 4. The molecule has 0 saturated carbocycles. The summed E-state index contributed by atoms with van der Waals surface area (Å²) in [5.74, 6) is -0.0727. The summed E-state index contributed by atoms with van der Waals surface area (Å²) in [6.45, 7) is 7.79. The molecule has 0 radical (unpaired) electrons. The molecule has 39 heavy (non-hydrogen) atoms. The molecule has 2 aliphatic heterocycles. The smallest absolute Gasteiger partial charge is 0.254 e. The molecule has 1 atom stereocenters. The number of carbonyl (C=O) groups excluding carboxylic acids is 2. The second kappa shape index (κ2) is 11.5. The van der Waals surface area contributed by atoms with Gasteiger partial charge in [0, 0.05) is 50.4 Å². The molecule has 2 saturated heterocycles. The lowest BCUT2D eigenvalue weighted by molar-refractivity contribution is 0.0303. The van der Waals surface area contributed by atoms with Crippen LogP contribution in [0.2, 0.25) is 0 Å². The number of rotatable bonds is 6. The van der Waals surface area contributed by atoms with E-state index in [2.05, 4.69) is 41.9 Å². The molecule has 2 fully saturated rings. The Morgan fingerprint density at radius 3 is 2.51 bits per heavy atom. The van der Waals surface area contributed by atoms with Gasteiger partial charge in [-0.1, -0.05) is 24.3 Å². The van der Waals surface area contributed by atoms with Gasteiger partial charge in [-0.2, -0.15) is 0 Å². The predicted octanol–water partition coefficient (Wildman–Crippen LogP) is 2.85. The molecule has 9 nitrogen and oxygen atoms in total. The van der Waals surface area contributed by atoms with Crippen molar-refractivity contribution in [1.82, 2.24) is 14.9 Å². The molecular formula is C30H36N6O3. The Labute approximate surface area is 229 Å². The van der Waals surface area contributed by atoms with Crippen molar-refractivity contribution >= 4 is 17.8 Å². The largest absolute Gasteiger partial charge is 0.378 e. The molecule has 2 amide bonds.